The highest BCUT2D eigenvalue weighted by atomic mass is 79.9. The summed E-state index contributed by atoms with van der Waals surface area (Å²) in [6, 6.07) is 19.7. The Morgan fingerprint density at radius 1 is 0.947 bits per heavy atom. The molecule has 2 aromatic rings. The van der Waals surface area contributed by atoms with Crippen LogP contribution in [0.15, 0.2) is 59.1 Å². The molecule has 0 heterocycles. The summed E-state index contributed by atoms with van der Waals surface area (Å²) < 4.78 is 1.12. The van der Waals surface area contributed by atoms with Crippen LogP contribution < -0.4 is 5.32 Å². The van der Waals surface area contributed by atoms with Gasteiger partial charge in [0.15, 0.2) is 0 Å². The van der Waals surface area contributed by atoms with Crippen molar-refractivity contribution in [3.8, 4) is 0 Å². The number of benzene rings is 2. The van der Waals surface area contributed by atoms with E-state index in [0.717, 1.165) is 10.9 Å². The second kappa shape index (κ2) is 6.88. The lowest BCUT2D eigenvalue weighted by Gasteiger charge is -2.27. The molecule has 19 heavy (non-hydrogen) atoms. The molecule has 0 aliphatic carbocycles. The second-order valence-corrected chi connectivity index (χ2v) is 5.66. The van der Waals surface area contributed by atoms with E-state index in [0.29, 0.717) is 12.0 Å². The van der Waals surface area contributed by atoms with E-state index in [-0.39, 0.29) is 0 Å². The van der Waals surface area contributed by atoms with E-state index in [1.165, 1.54) is 11.1 Å². The van der Waals surface area contributed by atoms with E-state index < -0.39 is 0 Å². The van der Waals surface area contributed by atoms with Gasteiger partial charge in [0.05, 0.1) is 0 Å². The Bertz CT molecular complexity index is 492. The molecule has 0 saturated heterocycles. The van der Waals surface area contributed by atoms with Crippen molar-refractivity contribution in [2.24, 2.45) is 0 Å². The van der Waals surface area contributed by atoms with E-state index in [9.17, 15) is 0 Å². The summed E-state index contributed by atoms with van der Waals surface area (Å²) in [5.74, 6) is 0.493. The molecule has 2 aromatic carbocycles. The van der Waals surface area contributed by atoms with Gasteiger partial charge in [-0.3, -0.25) is 0 Å². The molecule has 0 radical (unpaired) electrons. The molecule has 1 nitrogen and oxygen atoms in total. The van der Waals surface area contributed by atoms with Crippen molar-refractivity contribution < 1.29 is 0 Å². The van der Waals surface area contributed by atoms with Gasteiger partial charge in [-0.2, -0.15) is 0 Å². The average Bonchev–Trinajstić information content (AvgIpc) is 2.47. The fraction of sp³-hybridized carbons (Fsp3) is 0.294. The van der Waals surface area contributed by atoms with Gasteiger partial charge >= 0.3 is 0 Å². The molecule has 0 aliphatic rings. The molecule has 0 aromatic heterocycles. The number of hydrogen-bond acceptors (Lipinski definition) is 1. The molecule has 2 atom stereocenters. The van der Waals surface area contributed by atoms with Crippen molar-refractivity contribution in [2.75, 3.05) is 7.05 Å². The number of likely N-dealkylation sites (N-methyl/N-ethyl adjacent to an activating group) is 1. The van der Waals surface area contributed by atoms with Crippen LogP contribution in [0.4, 0.5) is 0 Å². The second-order valence-electron chi connectivity index (χ2n) is 4.74. The highest BCUT2D eigenvalue weighted by molar-refractivity contribution is 9.10. The van der Waals surface area contributed by atoms with Gasteiger partial charge in [-0.25, -0.2) is 0 Å². The van der Waals surface area contributed by atoms with Gasteiger partial charge in [0.2, 0.25) is 0 Å². The minimum Gasteiger partial charge on any atom is -0.312 e. The van der Waals surface area contributed by atoms with Gasteiger partial charge < -0.3 is 5.32 Å². The van der Waals surface area contributed by atoms with Crippen LogP contribution in [0.5, 0.6) is 0 Å². The smallest absolute Gasteiger partial charge is 0.0387 e. The Morgan fingerprint density at radius 3 is 2.11 bits per heavy atom. The van der Waals surface area contributed by atoms with Crippen LogP contribution in [0.3, 0.4) is 0 Å². The van der Waals surface area contributed by atoms with E-state index >= 15 is 0 Å². The van der Waals surface area contributed by atoms with Gasteiger partial charge in [-0.05, 0) is 36.7 Å². The molecule has 2 heteroatoms. The minimum atomic E-state index is 0.348. The molecule has 0 bridgehead atoms. The van der Waals surface area contributed by atoms with E-state index in [2.05, 4.69) is 82.8 Å². The van der Waals surface area contributed by atoms with E-state index in [1.807, 2.05) is 7.05 Å². The van der Waals surface area contributed by atoms with E-state index in [1.54, 1.807) is 0 Å². The zero-order valence-corrected chi connectivity index (χ0v) is 13.0. The maximum absolute atomic E-state index is 3.50. The Labute approximate surface area is 124 Å². The van der Waals surface area contributed by atoms with Crippen molar-refractivity contribution in [1.82, 2.24) is 5.32 Å². The maximum Gasteiger partial charge on any atom is 0.0387 e. The summed E-state index contributed by atoms with van der Waals surface area (Å²) in [4.78, 5) is 0. The fourth-order valence-corrected chi connectivity index (χ4v) is 2.90. The number of halogens is 1. The van der Waals surface area contributed by atoms with Gasteiger partial charge in [0.25, 0.3) is 0 Å². The van der Waals surface area contributed by atoms with Crippen LogP contribution in [0.1, 0.15) is 36.4 Å². The third-order valence-corrected chi connectivity index (χ3v) is 4.14. The lowest BCUT2D eigenvalue weighted by Crippen LogP contribution is -2.23. The van der Waals surface area contributed by atoms with Gasteiger partial charge in [-0.1, -0.05) is 65.3 Å². The van der Waals surface area contributed by atoms with Gasteiger partial charge in [0.1, 0.15) is 0 Å². The average molecular weight is 318 g/mol. The molecule has 2 rings (SSSR count). The first-order valence-corrected chi connectivity index (χ1v) is 7.53. The molecule has 2 unspecified atom stereocenters. The molecular formula is C17H20BrN. The van der Waals surface area contributed by atoms with Gasteiger partial charge in [-0.15, -0.1) is 0 Å². The summed E-state index contributed by atoms with van der Waals surface area (Å²) in [5.41, 5.74) is 2.73. The lowest BCUT2D eigenvalue weighted by molar-refractivity contribution is 0.468. The molecular weight excluding hydrogens is 298 g/mol. The number of rotatable bonds is 5. The quantitative estimate of drug-likeness (QED) is 0.826. The molecule has 0 spiro atoms. The van der Waals surface area contributed by atoms with Crippen LogP contribution in [0, 0.1) is 0 Å². The lowest BCUT2D eigenvalue weighted by atomic mass is 9.85. The molecule has 100 valence electrons. The summed E-state index contributed by atoms with van der Waals surface area (Å²) in [6.45, 7) is 2.25. The van der Waals surface area contributed by atoms with Crippen molar-refractivity contribution in [1.29, 1.82) is 0 Å². The zero-order valence-electron chi connectivity index (χ0n) is 11.4. The summed E-state index contributed by atoms with van der Waals surface area (Å²) in [7, 11) is 2.04. The molecule has 0 saturated carbocycles. The first-order valence-electron chi connectivity index (χ1n) is 6.74. The molecule has 0 fully saturated rings. The topological polar surface area (TPSA) is 12.0 Å². The van der Waals surface area contributed by atoms with Gasteiger partial charge in [0, 0.05) is 16.4 Å². The Morgan fingerprint density at radius 2 is 1.58 bits per heavy atom. The highest BCUT2D eigenvalue weighted by Crippen LogP contribution is 2.33. The zero-order chi connectivity index (χ0) is 13.7. The van der Waals surface area contributed by atoms with Crippen molar-refractivity contribution in [3.05, 3.63) is 70.2 Å². The standard InChI is InChI=1S/C17H20BrN/c1-3-16(13-7-5-4-6-8-13)17(19-2)14-9-11-15(18)12-10-14/h4-12,16-17,19H,3H2,1-2H3. The Kier molecular flexibility index (Phi) is 5.17. The third-order valence-electron chi connectivity index (χ3n) is 3.61. The van der Waals surface area contributed by atoms with E-state index in [4.69, 9.17) is 0 Å². The van der Waals surface area contributed by atoms with Crippen molar-refractivity contribution in [2.45, 2.75) is 25.3 Å². The van der Waals surface area contributed by atoms with Crippen LogP contribution >= 0.6 is 15.9 Å². The van der Waals surface area contributed by atoms with Crippen LogP contribution in [0.2, 0.25) is 0 Å². The van der Waals surface area contributed by atoms with Crippen LogP contribution in [0.25, 0.3) is 0 Å². The largest absolute Gasteiger partial charge is 0.312 e. The summed E-state index contributed by atoms with van der Waals surface area (Å²) in [6.07, 6.45) is 1.12. The number of hydrogen-bond donors (Lipinski definition) is 1. The monoisotopic (exact) mass is 317 g/mol. The van der Waals surface area contributed by atoms with Crippen LogP contribution in [-0.4, -0.2) is 7.05 Å². The Balaban J connectivity index is 2.31. The maximum atomic E-state index is 3.50. The molecule has 0 aliphatic heterocycles. The minimum absolute atomic E-state index is 0.348. The predicted octanol–water partition coefficient (Wildman–Crippen LogP) is 4.90. The molecule has 1 N–H and O–H groups in total. The third kappa shape index (κ3) is 3.46. The normalized spacial score (nSPS) is 14.1. The number of nitrogens with one attached hydrogen (secondary N) is 1. The summed E-state index contributed by atoms with van der Waals surface area (Å²) in [5, 5.41) is 3.47. The first-order chi connectivity index (χ1) is 9.26. The van der Waals surface area contributed by atoms with Crippen molar-refractivity contribution in [3.63, 3.8) is 0 Å². The van der Waals surface area contributed by atoms with Crippen LogP contribution in [-0.2, 0) is 0 Å². The van der Waals surface area contributed by atoms with Crippen molar-refractivity contribution >= 4 is 15.9 Å². The fourth-order valence-electron chi connectivity index (χ4n) is 2.63. The summed E-state index contributed by atoms with van der Waals surface area (Å²) >= 11 is 3.50. The Hall–Kier alpha value is -1.12. The first kappa shape index (κ1) is 14.3. The molecule has 0 amide bonds. The SMILES string of the molecule is CCC(c1ccccc1)C(NC)c1ccc(Br)cc1. The predicted molar refractivity (Wildman–Crippen MR) is 85.4 cm³/mol. The highest BCUT2D eigenvalue weighted by Gasteiger charge is 2.21.